The Morgan fingerprint density at radius 3 is 2.50 bits per heavy atom. The lowest BCUT2D eigenvalue weighted by Crippen LogP contribution is -2.53. The van der Waals surface area contributed by atoms with Gasteiger partial charge in [0.2, 0.25) is 0 Å². The summed E-state index contributed by atoms with van der Waals surface area (Å²) in [6.45, 7) is 4.64. The van der Waals surface area contributed by atoms with Crippen molar-refractivity contribution in [3.8, 4) is 0 Å². The predicted octanol–water partition coefficient (Wildman–Crippen LogP) is 0.378. The van der Waals surface area contributed by atoms with Crippen molar-refractivity contribution in [2.24, 2.45) is 5.73 Å². The van der Waals surface area contributed by atoms with E-state index in [1.54, 1.807) is 0 Å². The zero-order valence-corrected chi connectivity index (χ0v) is 11.0. The van der Waals surface area contributed by atoms with Gasteiger partial charge in [-0.3, -0.25) is 4.90 Å². The predicted molar refractivity (Wildman–Crippen MR) is 67.6 cm³/mol. The van der Waals surface area contributed by atoms with E-state index in [0.29, 0.717) is 0 Å². The molecule has 0 aromatic carbocycles. The zero-order valence-electron chi connectivity index (χ0n) is 11.0. The minimum Gasteiger partial charge on any atom is -0.381 e. The molecule has 0 aliphatic carbocycles. The maximum Gasteiger partial charge on any atom is 0.0484 e. The molecule has 0 spiro atoms. The maximum atomic E-state index is 6.00. The molecular weight excluding hydrogens is 202 g/mol. The van der Waals surface area contributed by atoms with Gasteiger partial charge in [-0.05, 0) is 40.4 Å². The molecule has 0 aromatic heterocycles. The summed E-state index contributed by atoms with van der Waals surface area (Å²) in [5.74, 6) is 0. The minimum atomic E-state index is 0.159. The van der Waals surface area contributed by atoms with Crippen LogP contribution in [0.25, 0.3) is 0 Å². The lowest BCUT2D eigenvalue weighted by atomic mass is 9.89. The number of ether oxygens (including phenoxy) is 1. The van der Waals surface area contributed by atoms with Crippen molar-refractivity contribution in [2.75, 3.05) is 54.0 Å². The maximum absolute atomic E-state index is 6.00. The highest BCUT2D eigenvalue weighted by molar-refractivity contribution is 4.91. The Balaban J connectivity index is 2.54. The first-order chi connectivity index (χ1) is 7.60. The van der Waals surface area contributed by atoms with Gasteiger partial charge < -0.3 is 15.4 Å². The quantitative estimate of drug-likeness (QED) is 0.740. The summed E-state index contributed by atoms with van der Waals surface area (Å²) in [7, 11) is 6.42. The zero-order chi connectivity index (χ0) is 12.0. The normalized spacial score (nSPS) is 27.4. The van der Waals surface area contributed by atoms with E-state index in [9.17, 15) is 0 Å². The Kier molecular flexibility index (Phi) is 5.69. The first-order valence-corrected chi connectivity index (χ1v) is 6.24. The third kappa shape index (κ3) is 3.70. The Hall–Kier alpha value is -0.160. The second kappa shape index (κ2) is 6.55. The smallest absolute Gasteiger partial charge is 0.0484 e. The van der Waals surface area contributed by atoms with Crippen molar-refractivity contribution < 1.29 is 4.74 Å². The fraction of sp³-hybridized carbons (Fsp3) is 1.00. The highest BCUT2D eigenvalue weighted by Gasteiger charge is 2.33. The fourth-order valence-electron chi connectivity index (χ4n) is 2.32. The van der Waals surface area contributed by atoms with E-state index in [4.69, 9.17) is 10.5 Å². The highest BCUT2D eigenvalue weighted by atomic mass is 16.5. The van der Waals surface area contributed by atoms with Gasteiger partial charge in [-0.2, -0.15) is 0 Å². The van der Waals surface area contributed by atoms with Crippen LogP contribution in [0.2, 0.25) is 0 Å². The van der Waals surface area contributed by atoms with Crippen LogP contribution >= 0.6 is 0 Å². The average molecular weight is 229 g/mol. The molecule has 1 atom stereocenters. The molecule has 4 nitrogen and oxygen atoms in total. The van der Waals surface area contributed by atoms with E-state index in [2.05, 4.69) is 30.9 Å². The van der Waals surface area contributed by atoms with E-state index < -0.39 is 0 Å². The molecule has 1 saturated heterocycles. The molecule has 0 saturated carbocycles. The first kappa shape index (κ1) is 13.9. The molecule has 1 rings (SSSR count). The molecule has 96 valence electrons. The molecule has 0 radical (unpaired) electrons. The molecule has 1 aliphatic rings. The second-order valence-electron chi connectivity index (χ2n) is 5.12. The molecule has 2 N–H and O–H groups in total. The largest absolute Gasteiger partial charge is 0.381 e. The van der Waals surface area contributed by atoms with Gasteiger partial charge in [-0.15, -0.1) is 0 Å². The highest BCUT2D eigenvalue weighted by Crippen LogP contribution is 2.26. The van der Waals surface area contributed by atoms with Crippen molar-refractivity contribution in [3.05, 3.63) is 0 Å². The Morgan fingerprint density at radius 1 is 1.12 bits per heavy atom. The molecule has 4 heteroatoms. The fourth-order valence-corrected chi connectivity index (χ4v) is 2.32. The lowest BCUT2D eigenvalue weighted by molar-refractivity contribution is 0.0838. The molecule has 1 aliphatic heterocycles. The topological polar surface area (TPSA) is 41.7 Å². The Labute approximate surface area is 99.7 Å². The van der Waals surface area contributed by atoms with E-state index in [1.165, 1.54) is 0 Å². The van der Waals surface area contributed by atoms with E-state index in [1.807, 2.05) is 0 Å². The van der Waals surface area contributed by atoms with Gasteiger partial charge in [0.25, 0.3) is 0 Å². The first-order valence-electron chi connectivity index (χ1n) is 6.24. The van der Waals surface area contributed by atoms with Crippen LogP contribution in [0.1, 0.15) is 19.3 Å². The van der Waals surface area contributed by atoms with Crippen LogP contribution in [0, 0.1) is 0 Å². The number of rotatable bonds is 5. The molecule has 1 fully saturated rings. The molecule has 1 unspecified atom stereocenters. The number of nitrogens with zero attached hydrogens (tertiary/aromatic N) is 2. The summed E-state index contributed by atoms with van der Waals surface area (Å²) in [5.41, 5.74) is 6.16. The number of likely N-dealkylation sites (N-methyl/N-ethyl adjacent to an activating group) is 2. The van der Waals surface area contributed by atoms with E-state index >= 15 is 0 Å². The van der Waals surface area contributed by atoms with Crippen LogP contribution < -0.4 is 5.73 Å². The van der Waals surface area contributed by atoms with E-state index in [0.717, 1.165) is 52.1 Å². The third-order valence-corrected chi connectivity index (χ3v) is 3.71. The van der Waals surface area contributed by atoms with Gasteiger partial charge in [0.1, 0.15) is 0 Å². The number of nitrogens with two attached hydrogens (primary N) is 1. The average Bonchev–Trinajstić information content (AvgIpc) is 2.51. The van der Waals surface area contributed by atoms with Gasteiger partial charge in [0.15, 0.2) is 0 Å². The summed E-state index contributed by atoms with van der Waals surface area (Å²) in [6, 6.07) is 0. The standard InChI is InChI=1S/C12H27N3O/c1-14(2)7-8-15(3)12(11-13)5-4-9-16-10-6-12/h4-11,13H2,1-3H3. The van der Waals surface area contributed by atoms with Gasteiger partial charge >= 0.3 is 0 Å². The van der Waals surface area contributed by atoms with Crippen LogP contribution in [0.15, 0.2) is 0 Å². The van der Waals surface area contributed by atoms with Gasteiger partial charge in [0.05, 0.1) is 0 Å². The Bertz CT molecular complexity index is 189. The van der Waals surface area contributed by atoms with Gasteiger partial charge in [-0.25, -0.2) is 0 Å². The summed E-state index contributed by atoms with van der Waals surface area (Å²) in [6.07, 6.45) is 3.35. The minimum absolute atomic E-state index is 0.159. The summed E-state index contributed by atoms with van der Waals surface area (Å²) >= 11 is 0. The van der Waals surface area contributed by atoms with Crippen LogP contribution in [0.3, 0.4) is 0 Å². The van der Waals surface area contributed by atoms with Gasteiger partial charge in [0, 0.05) is 38.4 Å². The van der Waals surface area contributed by atoms with Crippen molar-refractivity contribution in [3.63, 3.8) is 0 Å². The van der Waals surface area contributed by atoms with Crippen LogP contribution in [-0.4, -0.2) is 69.3 Å². The summed E-state index contributed by atoms with van der Waals surface area (Å²) in [5, 5.41) is 0. The van der Waals surface area contributed by atoms with Crippen LogP contribution in [0.5, 0.6) is 0 Å². The molecular formula is C12H27N3O. The molecule has 16 heavy (non-hydrogen) atoms. The summed E-state index contributed by atoms with van der Waals surface area (Å²) in [4.78, 5) is 4.65. The third-order valence-electron chi connectivity index (χ3n) is 3.71. The van der Waals surface area contributed by atoms with Crippen molar-refractivity contribution in [1.82, 2.24) is 9.80 Å². The lowest BCUT2D eigenvalue weighted by Gasteiger charge is -2.41. The van der Waals surface area contributed by atoms with Crippen LogP contribution in [-0.2, 0) is 4.74 Å². The number of hydrogen-bond acceptors (Lipinski definition) is 4. The van der Waals surface area contributed by atoms with Crippen LogP contribution in [0.4, 0.5) is 0 Å². The summed E-state index contributed by atoms with van der Waals surface area (Å²) < 4.78 is 5.53. The number of hydrogen-bond donors (Lipinski definition) is 1. The molecule has 1 heterocycles. The molecule has 0 bridgehead atoms. The molecule has 0 amide bonds. The van der Waals surface area contributed by atoms with Gasteiger partial charge in [-0.1, -0.05) is 0 Å². The van der Waals surface area contributed by atoms with Crippen molar-refractivity contribution in [1.29, 1.82) is 0 Å². The van der Waals surface area contributed by atoms with Crippen molar-refractivity contribution >= 4 is 0 Å². The Morgan fingerprint density at radius 2 is 1.88 bits per heavy atom. The van der Waals surface area contributed by atoms with Crippen molar-refractivity contribution in [2.45, 2.75) is 24.8 Å². The monoisotopic (exact) mass is 229 g/mol. The second-order valence-corrected chi connectivity index (χ2v) is 5.12. The molecule has 0 aromatic rings. The SMILES string of the molecule is CN(C)CCN(C)C1(CN)CCCOCC1. The van der Waals surface area contributed by atoms with E-state index in [-0.39, 0.29) is 5.54 Å².